The van der Waals surface area contributed by atoms with Crippen LogP contribution in [0.15, 0.2) is 22.7 Å². The number of carbonyl (C=O) groups excluding carboxylic acids is 1. The molecule has 1 amide bonds. The Morgan fingerprint density at radius 3 is 2.62 bits per heavy atom. The Hall–Kier alpha value is -1.23. The molecule has 1 fully saturated rings. The average molecular weight is 356 g/mol. The third-order valence-corrected chi connectivity index (χ3v) is 3.71. The van der Waals surface area contributed by atoms with Crippen LogP contribution < -0.4 is 4.74 Å². The summed E-state index contributed by atoms with van der Waals surface area (Å²) < 4.78 is 12.2. The third kappa shape index (κ3) is 4.63. The Kier molecular flexibility index (Phi) is 4.81. The van der Waals surface area contributed by atoms with Gasteiger partial charge in [-0.05, 0) is 51.5 Å². The number of ether oxygens (including phenoxy) is 2. The van der Waals surface area contributed by atoms with Crippen molar-refractivity contribution in [3.8, 4) is 5.75 Å². The lowest BCUT2D eigenvalue weighted by Crippen LogP contribution is -2.53. The fraction of sp³-hybridized carbons (Fsp3) is 0.562. The van der Waals surface area contributed by atoms with Gasteiger partial charge < -0.3 is 14.4 Å². The maximum absolute atomic E-state index is 11.8. The molecule has 0 atom stereocenters. The number of hydrogen-bond acceptors (Lipinski definition) is 3. The van der Waals surface area contributed by atoms with Crippen LogP contribution in [0.3, 0.4) is 0 Å². The highest BCUT2D eigenvalue weighted by atomic mass is 79.9. The summed E-state index contributed by atoms with van der Waals surface area (Å²) in [5, 5.41) is 0. The molecule has 5 heteroatoms. The van der Waals surface area contributed by atoms with Gasteiger partial charge in [0.2, 0.25) is 0 Å². The van der Waals surface area contributed by atoms with Gasteiger partial charge in [0.05, 0.1) is 6.61 Å². The Bertz CT molecular complexity index is 519. The van der Waals surface area contributed by atoms with E-state index in [0.29, 0.717) is 25.6 Å². The van der Waals surface area contributed by atoms with E-state index >= 15 is 0 Å². The Morgan fingerprint density at radius 2 is 2.05 bits per heavy atom. The van der Waals surface area contributed by atoms with E-state index in [9.17, 15) is 4.79 Å². The van der Waals surface area contributed by atoms with E-state index in [1.165, 1.54) is 0 Å². The maximum Gasteiger partial charge on any atom is 0.410 e. The number of nitrogens with zero attached hydrogens (tertiary/aromatic N) is 1. The fourth-order valence-electron chi connectivity index (χ4n) is 2.13. The van der Waals surface area contributed by atoms with Crippen LogP contribution in [0, 0.1) is 12.8 Å². The molecule has 1 aliphatic heterocycles. The molecule has 0 aromatic heterocycles. The van der Waals surface area contributed by atoms with Gasteiger partial charge in [-0.1, -0.05) is 15.9 Å². The molecule has 0 bridgehead atoms. The van der Waals surface area contributed by atoms with Crippen LogP contribution in [-0.2, 0) is 4.74 Å². The molecule has 0 spiro atoms. The number of carbonyl (C=O) groups is 1. The Balaban J connectivity index is 1.75. The SMILES string of the molecule is Cc1cc(Br)ccc1OCC1CN(C(=O)OC(C)(C)C)C1. The number of likely N-dealkylation sites (tertiary alicyclic amines) is 1. The summed E-state index contributed by atoms with van der Waals surface area (Å²) in [6.07, 6.45) is -0.237. The first kappa shape index (κ1) is 16.1. The number of halogens is 1. The fourth-order valence-corrected chi connectivity index (χ4v) is 2.61. The summed E-state index contributed by atoms with van der Waals surface area (Å²) in [6.45, 7) is 9.68. The average Bonchev–Trinajstić information content (AvgIpc) is 2.27. The van der Waals surface area contributed by atoms with Gasteiger partial charge in [-0.15, -0.1) is 0 Å². The highest BCUT2D eigenvalue weighted by molar-refractivity contribution is 9.10. The second-order valence-electron chi connectivity index (χ2n) is 6.47. The largest absolute Gasteiger partial charge is 0.493 e. The van der Waals surface area contributed by atoms with Crippen molar-refractivity contribution in [2.24, 2.45) is 5.92 Å². The van der Waals surface area contributed by atoms with E-state index in [2.05, 4.69) is 15.9 Å². The molecule has 2 rings (SSSR count). The van der Waals surface area contributed by atoms with Crippen molar-refractivity contribution in [2.45, 2.75) is 33.3 Å². The monoisotopic (exact) mass is 355 g/mol. The Labute approximate surface area is 134 Å². The third-order valence-electron chi connectivity index (χ3n) is 3.22. The van der Waals surface area contributed by atoms with Gasteiger partial charge in [0, 0.05) is 23.5 Å². The molecule has 0 N–H and O–H groups in total. The lowest BCUT2D eigenvalue weighted by atomic mass is 10.0. The predicted molar refractivity (Wildman–Crippen MR) is 85.7 cm³/mol. The summed E-state index contributed by atoms with van der Waals surface area (Å²) in [5.74, 6) is 1.27. The minimum atomic E-state index is -0.437. The van der Waals surface area contributed by atoms with E-state index in [4.69, 9.17) is 9.47 Å². The standard InChI is InChI=1S/C16H22BrNO3/c1-11-7-13(17)5-6-14(11)20-10-12-8-18(9-12)15(19)21-16(2,3)4/h5-7,12H,8-10H2,1-4H3. The summed E-state index contributed by atoms with van der Waals surface area (Å²) in [7, 11) is 0. The van der Waals surface area contributed by atoms with Gasteiger partial charge in [-0.3, -0.25) is 0 Å². The van der Waals surface area contributed by atoms with Gasteiger partial charge >= 0.3 is 6.09 Å². The molecule has 1 aromatic carbocycles. The minimum Gasteiger partial charge on any atom is -0.493 e. The van der Waals surface area contributed by atoms with Crippen LogP contribution in [0.25, 0.3) is 0 Å². The van der Waals surface area contributed by atoms with Crippen molar-refractivity contribution in [3.63, 3.8) is 0 Å². The van der Waals surface area contributed by atoms with Crippen LogP contribution in [0.2, 0.25) is 0 Å². The number of benzene rings is 1. The van der Waals surface area contributed by atoms with Crippen molar-refractivity contribution in [1.82, 2.24) is 4.90 Å². The zero-order valence-electron chi connectivity index (χ0n) is 13.0. The summed E-state index contributed by atoms with van der Waals surface area (Å²) in [6, 6.07) is 5.96. The first-order valence-corrected chi connectivity index (χ1v) is 7.91. The van der Waals surface area contributed by atoms with Crippen LogP contribution in [-0.4, -0.2) is 36.3 Å². The summed E-state index contributed by atoms with van der Waals surface area (Å²) in [4.78, 5) is 13.5. The molecule has 1 heterocycles. The van der Waals surface area contributed by atoms with Crippen molar-refractivity contribution in [3.05, 3.63) is 28.2 Å². The van der Waals surface area contributed by atoms with E-state index < -0.39 is 5.60 Å². The lowest BCUT2D eigenvalue weighted by Gasteiger charge is -2.39. The molecular weight excluding hydrogens is 334 g/mol. The van der Waals surface area contributed by atoms with Crippen molar-refractivity contribution in [1.29, 1.82) is 0 Å². The predicted octanol–water partition coefficient (Wildman–Crippen LogP) is 4.00. The zero-order chi connectivity index (χ0) is 15.6. The van der Waals surface area contributed by atoms with Crippen molar-refractivity contribution < 1.29 is 14.3 Å². The van der Waals surface area contributed by atoms with Crippen molar-refractivity contribution in [2.75, 3.05) is 19.7 Å². The second kappa shape index (κ2) is 6.26. The van der Waals surface area contributed by atoms with Crippen LogP contribution in [0.1, 0.15) is 26.3 Å². The van der Waals surface area contributed by atoms with E-state index in [0.717, 1.165) is 15.8 Å². The molecule has 1 saturated heterocycles. The summed E-state index contributed by atoms with van der Waals surface area (Å²) in [5.41, 5.74) is 0.667. The molecule has 1 aromatic rings. The van der Waals surface area contributed by atoms with Crippen LogP contribution in [0.5, 0.6) is 5.75 Å². The lowest BCUT2D eigenvalue weighted by molar-refractivity contribution is -0.00785. The smallest absolute Gasteiger partial charge is 0.410 e. The van der Waals surface area contributed by atoms with Gasteiger partial charge in [0.25, 0.3) is 0 Å². The van der Waals surface area contributed by atoms with Gasteiger partial charge in [0.15, 0.2) is 0 Å². The molecule has 21 heavy (non-hydrogen) atoms. The number of rotatable bonds is 3. The molecule has 116 valence electrons. The molecule has 4 nitrogen and oxygen atoms in total. The van der Waals surface area contributed by atoms with Gasteiger partial charge in [-0.2, -0.15) is 0 Å². The van der Waals surface area contributed by atoms with Crippen LogP contribution in [0.4, 0.5) is 4.79 Å². The molecule has 0 aliphatic carbocycles. The van der Waals surface area contributed by atoms with E-state index in [1.807, 2.05) is 45.9 Å². The first-order valence-electron chi connectivity index (χ1n) is 7.11. The summed E-state index contributed by atoms with van der Waals surface area (Å²) >= 11 is 3.44. The molecule has 0 unspecified atom stereocenters. The van der Waals surface area contributed by atoms with Crippen LogP contribution >= 0.6 is 15.9 Å². The molecular formula is C16H22BrNO3. The van der Waals surface area contributed by atoms with Gasteiger partial charge in [-0.25, -0.2) is 4.79 Å². The van der Waals surface area contributed by atoms with E-state index in [1.54, 1.807) is 4.90 Å². The highest BCUT2D eigenvalue weighted by Crippen LogP contribution is 2.25. The zero-order valence-corrected chi connectivity index (χ0v) is 14.6. The quantitative estimate of drug-likeness (QED) is 0.822. The topological polar surface area (TPSA) is 38.8 Å². The minimum absolute atomic E-state index is 0.237. The number of amides is 1. The first-order chi connectivity index (χ1) is 9.74. The second-order valence-corrected chi connectivity index (χ2v) is 7.39. The number of aryl methyl sites for hydroxylation is 1. The van der Waals surface area contributed by atoms with Crippen molar-refractivity contribution >= 4 is 22.0 Å². The highest BCUT2D eigenvalue weighted by Gasteiger charge is 2.34. The maximum atomic E-state index is 11.8. The number of hydrogen-bond donors (Lipinski definition) is 0. The normalized spacial score (nSPS) is 15.6. The molecule has 1 aliphatic rings. The Morgan fingerprint density at radius 1 is 1.38 bits per heavy atom. The van der Waals surface area contributed by atoms with Gasteiger partial charge in [0.1, 0.15) is 11.4 Å². The molecule has 0 radical (unpaired) electrons. The molecule has 0 saturated carbocycles. The van der Waals surface area contributed by atoms with E-state index in [-0.39, 0.29) is 6.09 Å².